The average molecular weight is 256 g/mol. The van der Waals surface area contributed by atoms with E-state index in [1.807, 2.05) is 0 Å². The molecule has 2 fully saturated rings. The minimum absolute atomic E-state index is 0.0104. The third-order valence-electron chi connectivity index (χ3n) is 3.70. The van der Waals surface area contributed by atoms with E-state index in [0.717, 1.165) is 13.0 Å². The number of hydrogen-bond donors (Lipinski definition) is 1. The molecule has 2 saturated heterocycles. The van der Waals surface area contributed by atoms with Gasteiger partial charge in [0.2, 0.25) is 5.79 Å². The second-order valence-electron chi connectivity index (χ2n) is 4.50. The number of carbonyl (C=O) groups excluding carboxylic acids is 1. The smallest absolute Gasteiger partial charge is 0.410 e. The molecule has 1 amide bonds. The van der Waals surface area contributed by atoms with E-state index in [9.17, 15) is 4.79 Å². The van der Waals surface area contributed by atoms with E-state index in [4.69, 9.17) is 14.2 Å². The first-order valence-electron chi connectivity index (χ1n) is 6.06. The summed E-state index contributed by atoms with van der Waals surface area (Å²) in [6.07, 6.45) is 2.09. The summed E-state index contributed by atoms with van der Waals surface area (Å²) in [6.45, 7) is 4.96. The Labute approximate surface area is 107 Å². The maximum atomic E-state index is 12.0. The minimum Gasteiger partial charge on any atom is -0.445 e. The Bertz CT molecular complexity index is 330. The zero-order valence-electron chi connectivity index (χ0n) is 10.8. The largest absolute Gasteiger partial charge is 0.445 e. The first kappa shape index (κ1) is 13.3. The third-order valence-corrected chi connectivity index (χ3v) is 3.70. The Morgan fingerprint density at radius 3 is 2.89 bits per heavy atom. The zero-order chi connectivity index (χ0) is 13.2. The summed E-state index contributed by atoms with van der Waals surface area (Å²) in [7, 11) is 3.19. The predicted molar refractivity (Wildman–Crippen MR) is 65.2 cm³/mol. The van der Waals surface area contributed by atoms with Crippen LogP contribution >= 0.6 is 0 Å². The Morgan fingerprint density at radius 2 is 2.28 bits per heavy atom. The molecule has 18 heavy (non-hydrogen) atoms. The molecular weight excluding hydrogens is 236 g/mol. The highest BCUT2D eigenvalue weighted by Crippen LogP contribution is 2.35. The summed E-state index contributed by atoms with van der Waals surface area (Å²) in [5, 5.41) is 3.33. The Hall–Kier alpha value is -1.11. The molecule has 2 unspecified atom stereocenters. The maximum absolute atomic E-state index is 12.0. The fourth-order valence-corrected chi connectivity index (χ4v) is 2.81. The number of rotatable bonds is 4. The van der Waals surface area contributed by atoms with Gasteiger partial charge in [0.1, 0.15) is 6.61 Å². The van der Waals surface area contributed by atoms with Crippen molar-refractivity contribution in [3.8, 4) is 0 Å². The molecule has 6 heteroatoms. The summed E-state index contributed by atoms with van der Waals surface area (Å²) < 4.78 is 16.1. The first-order chi connectivity index (χ1) is 8.68. The van der Waals surface area contributed by atoms with E-state index < -0.39 is 5.79 Å². The molecule has 102 valence electrons. The van der Waals surface area contributed by atoms with Gasteiger partial charge in [-0.2, -0.15) is 0 Å². The van der Waals surface area contributed by atoms with E-state index in [1.54, 1.807) is 25.2 Å². The van der Waals surface area contributed by atoms with E-state index in [1.165, 1.54) is 0 Å². The van der Waals surface area contributed by atoms with E-state index >= 15 is 0 Å². The molecule has 0 saturated carbocycles. The van der Waals surface area contributed by atoms with E-state index in [-0.39, 0.29) is 24.8 Å². The number of ether oxygens (including phenoxy) is 3. The minimum atomic E-state index is -0.783. The number of amides is 1. The van der Waals surface area contributed by atoms with Gasteiger partial charge in [-0.15, -0.1) is 0 Å². The highest BCUT2D eigenvalue weighted by molar-refractivity contribution is 5.69. The van der Waals surface area contributed by atoms with Gasteiger partial charge >= 0.3 is 6.09 Å². The summed E-state index contributed by atoms with van der Waals surface area (Å²) in [6, 6.07) is 0.0472. The van der Waals surface area contributed by atoms with Crippen LogP contribution in [0.1, 0.15) is 6.42 Å². The van der Waals surface area contributed by atoms with Crippen LogP contribution in [-0.2, 0) is 14.2 Å². The van der Waals surface area contributed by atoms with Crippen LogP contribution in [0.4, 0.5) is 4.79 Å². The van der Waals surface area contributed by atoms with Gasteiger partial charge in [0.25, 0.3) is 0 Å². The molecule has 0 aromatic heterocycles. The molecule has 0 aliphatic carbocycles. The van der Waals surface area contributed by atoms with Gasteiger partial charge in [-0.05, 0) is 13.0 Å². The molecule has 2 rings (SSSR count). The Balaban J connectivity index is 2.13. The van der Waals surface area contributed by atoms with Crippen molar-refractivity contribution in [2.75, 3.05) is 33.9 Å². The third kappa shape index (κ3) is 2.00. The Morgan fingerprint density at radius 1 is 1.56 bits per heavy atom. The van der Waals surface area contributed by atoms with Crippen LogP contribution in [0.25, 0.3) is 0 Å². The number of nitrogens with zero attached hydrogens (tertiary/aromatic N) is 1. The molecule has 2 heterocycles. The van der Waals surface area contributed by atoms with Crippen LogP contribution in [0.3, 0.4) is 0 Å². The molecule has 0 radical (unpaired) electrons. The number of carbonyl (C=O) groups is 1. The molecule has 2 aliphatic rings. The van der Waals surface area contributed by atoms with Crippen molar-refractivity contribution in [3.63, 3.8) is 0 Å². The second-order valence-corrected chi connectivity index (χ2v) is 4.50. The van der Waals surface area contributed by atoms with Crippen LogP contribution in [0.2, 0.25) is 0 Å². The summed E-state index contributed by atoms with van der Waals surface area (Å²) in [4.78, 5) is 13.7. The predicted octanol–water partition coefficient (Wildman–Crippen LogP) is 0.344. The van der Waals surface area contributed by atoms with Crippen LogP contribution in [-0.4, -0.2) is 62.8 Å². The highest BCUT2D eigenvalue weighted by Gasteiger charge is 2.57. The van der Waals surface area contributed by atoms with Crippen molar-refractivity contribution in [2.24, 2.45) is 0 Å². The van der Waals surface area contributed by atoms with Gasteiger partial charge in [-0.1, -0.05) is 12.7 Å². The molecule has 0 aromatic carbocycles. The molecule has 1 N–H and O–H groups in total. The number of nitrogens with one attached hydrogen (secondary N) is 1. The fraction of sp³-hybridized carbons (Fsp3) is 0.750. The van der Waals surface area contributed by atoms with Crippen molar-refractivity contribution in [2.45, 2.75) is 24.3 Å². The van der Waals surface area contributed by atoms with Gasteiger partial charge in [0.05, 0.1) is 18.6 Å². The first-order valence-corrected chi connectivity index (χ1v) is 6.06. The number of methoxy groups -OCH3 is 2. The lowest BCUT2D eigenvalue weighted by Gasteiger charge is -2.30. The van der Waals surface area contributed by atoms with E-state index in [0.29, 0.717) is 6.54 Å². The molecule has 2 atom stereocenters. The van der Waals surface area contributed by atoms with Gasteiger partial charge in [-0.25, -0.2) is 4.79 Å². The van der Waals surface area contributed by atoms with Crippen molar-refractivity contribution >= 4 is 6.09 Å². The molecule has 0 spiro atoms. The lowest BCUT2D eigenvalue weighted by Crippen LogP contribution is -2.51. The molecule has 0 aromatic rings. The van der Waals surface area contributed by atoms with Crippen LogP contribution < -0.4 is 5.32 Å². The second kappa shape index (κ2) is 5.26. The maximum Gasteiger partial charge on any atom is 0.410 e. The topological polar surface area (TPSA) is 60.0 Å². The van der Waals surface area contributed by atoms with Crippen LogP contribution in [0.5, 0.6) is 0 Å². The standard InChI is InChI=1S/C12H20N2O4/c1-4-7-18-11(15)14-8-12(16-2,17-3)10-9(14)5-6-13-10/h4,9-10,13H,1,5-8H2,2-3H3. The lowest BCUT2D eigenvalue weighted by molar-refractivity contribution is -0.206. The summed E-state index contributed by atoms with van der Waals surface area (Å²) >= 11 is 0. The molecular formula is C12H20N2O4. The molecule has 6 nitrogen and oxygen atoms in total. The van der Waals surface area contributed by atoms with Gasteiger partial charge < -0.3 is 19.5 Å². The van der Waals surface area contributed by atoms with Crippen molar-refractivity contribution in [3.05, 3.63) is 12.7 Å². The fourth-order valence-electron chi connectivity index (χ4n) is 2.81. The molecule has 2 aliphatic heterocycles. The van der Waals surface area contributed by atoms with Crippen molar-refractivity contribution in [1.82, 2.24) is 10.2 Å². The molecule has 0 bridgehead atoms. The lowest BCUT2D eigenvalue weighted by atomic mass is 10.1. The quantitative estimate of drug-likeness (QED) is 0.581. The van der Waals surface area contributed by atoms with Crippen molar-refractivity contribution < 1.29 is 19.0 Å². The number of hydrogen-bond acceptors (Lipinski definition) is 5. The summed E-state index contributed by atoms with van der Waals surface area (Å²) in [5.41, 5.74) is 0. The monoisotopic (exact) mass is 256 g/mol. The Kier molecular flexibility index (Phi) is 3.89. The van der Waals surface area contributed by atoms with Gasteiger partial charge in [-0.3, -0.25) is 4.90 Å². The van der Waals surface area contributed by atoms with Crippen LogP contribution in [0, 0.1) is 0 Å². The van der Waals surface area contributed by atoms with Crippen molar-refractivity contribution in [1.29, 1.82) is 0 Å². The van der Waals surface area contributed by atoms with E-state index in [2.05, 4.69) is 11.9 Å². The number of fused-ring (bicyclic) bond motifs is 1. The summed E-state index contributed by atoms with van der Waals surface area (Å²) in [5.74, 6) is -0.783. The van der Waals surface area contributed by atoms with Crippen LogP contribution in [0.15, 0.2) is 12.7 Å². The highest BCUT2D eigenvalue weighted by atomic mass is 16.7. The van der Waals surface area contributed by atoms with Gasteiger partial charge in [0, 0.05) is 14.2 Å². The normalized spacial score (nSPS) is 29.1. The SMILES string of the molecule is C=CCOC(=O)N1CC(OC)(OC)C2NCCC21. The number of likely N-dealkylation sites (tertiary alicyclic amines) is 1. The average Bonchev–Trinajstić information content (AvgIpc) is 2.97. The van der Waals surface area contributed by atoms with Gasteiger partial charge in [0.15, 0.2) is 0 Å². The zero-order valence-corrected chi connectivity index (χ0v) is 10.8.